The van der Waals surface area contributed by atoms with Gasteiger partial charge in [0.15, 0.2) is 11.5 Å². The molecule has 2 aromatic carbocycles. The summed E-state index contributed by atoms with van der Waals surface area (Å²) in [6.45, 7) is 0.315. The fourth-order valence-corrected chi connectivity index (χ4v) is 3.47. The largest absolute Gasteiger partial charge is 0.493 e. The lowest BCUT2D eigenvalue weighted by Gasteiger charge is -2.12. The Labute approximate surface area is 160 Å². The number of hydrogen-bond acceptors (Lipinski definition) is 5. The summed E-state index contributed by atoms with van der Waals surface area (Å²) in [6.07, 6.45) is 1.76. The molecule has 0 atom stereocenters. The summed E-state index contributed by atoms with van der Waals surface area (Å²) in [5.41, 5.74) is 1.70. The molecule has 1 aliphatic rings. The van der Waals surface area contributed by atoms with Gasteiger partial charge < -0.3 is 14.8 Å². The number of carbonyl (C=O) groups excluding carboxylic acids is 1. The van der Waals surface area contributed by atoms with Crippen LogP contribution in [0.1, 0.15) is 11.1 Å². The zero-order valence-corrected chi connectivity index (χ0v) is 15.6. The quantitative estimate of drug-likeness (QED) is 0.604. The van der Waals surface area contributed by atoms with Gasteiger partial charge in [0.25, 0.3) is 5.91 Å². The van der Waals surface area contributed by atoms with Crippen LogP contribution in [0, 0.1) is 0 Å². The van der Waals surface area contributed by atoms with Crippen LogP contribution in [0.2, 0.25) is 5.02 Å². The Morgan fingerprint density at radius 3 is 2.72 bits per heavy atom. The van der Waals surface area contributed by atoms with Crippen LogP contribution in [-0.4, -0.2) is 17.3 Å². The van der Waals surface area contributed by atoms with Crippen molar-refractivity contribution in [2.45, 2.75) is 6.61 Å². The Kier molecular flexibility index (Phi) is 5.63. The standard InChI is InChI=1S/C18H14ClNO3S2/c1-22-14-7-6-11(9-16-17(21)20-18(24)25-16)8-15(14)23-10-12-4-2-3-5-13(12)19/h2-9H,10H2,1H3,(H,20,21,24)/b16-9-. The fourth-order valence-electron chi connectivity index (χ4n) is 2.24. The lowest BCUT2D eigenvalue weighted by atomic mass is 10.2. The van der Waals surface area contributed by atoms with Crippen LogP contribution in [0.3, 0.4) is 0 Å². The number of halogens is 1. The number of thioether (sulfide) groups is 1. The number of methoxy groups -OCH3 is 1. The molecule has 0 bridgehead atoms. The molecule has 1 fully saturated rings. The average Bonchev–Trinajstić information content (AvgIpc) is 2.91. The van der Waals surface area contributed by atoms with Gasteiger partial charge in [-0.2, -0.15) is 0 Å². The van der Waals surface area contributed by atoms with Gasteiger partial charge in [-0.1, -0.05) is 59.8 Å². The first-order valence-corrected chi connectivity index (χ1v) is 8.96. The van der Waals surface area contributed by atoms with Gasteiger partial charge in [-0.05, 0) is 29.8 Å². The van der Waals surface area contributed by atoms with Crippen molar-refractivity contribution < 1.29 is 14.3 Å². The Bertz CT molecular complexity index is 867. The minimum Gasteiger partial charge on any atom is -0.493 e. The molecule has 1 aliphatic heterocycles. The van der Waals surface area contributed by atoms with Gasteiger partial charge in [0.1, 0.15) is 10.9 Å². The predicted molar refractivity (Wildman–Crippen MR) is 105 cm³/mol. The van der Waals surface area contributed by atoms with Gasteiger partial charge in [-0.3, -0.25) is 4.79 Å². The van der Waals surface area contributed by atoms with Crippen molar-refractivity contribution >= 4 is 51.9 Å². The van der Waals surface area contributed by atoms with E-state index in [9.17, 15) is 4.79 Å². The molecule has 2 aromatic rings. The molecule has 1 saturated heterocycles. The second-order valence-electron chi connectivity index (χ2n) is 5.14. The molecule has 1 heterocycles. The summed E-state index contributed by atoms with van der Waals surface area (Å²) in [5.74, 6) is 0.986. The number of hydrogen-bond donors (Lipinski definition) is 1. The molecule has 128 valence electrons. The zero-order chi connectivity index (χ0) is 17.8. The van der Waals surface area contributed by atoms with Gasteiger partial charge in [0, 0.05) is 10.6 Å². The van der Waals surface area contributed by atoms with E-state index in [0.717, 1.165) is 11.1 Å². The number of rotatable bonds is 5. The first-order chi connectivity index (χ1) is 12.1. The minimum atomic E-state index is -0.190. The molecule has 0 saturated carbocycles. The highest BCUT2D eigenvalue weighted by Crippen LogP contribution is 2.32. The van der Waals surface area contributed by atoms with E-state index in [4.69, 9.17) is 33.3 Å². The van der Waals surface area contributed by atoms with Crippen LogP contribution in [0.25, 0.3) is 6.08 Å². The second-order valence-corrected chi connectivity index (χ2v) is 7.27. The van der Waals surface area contributed by atoms with Crippen LogP contribution in [-0.2, 0) is 11.4 Å². The number of thiocarbonyl (C=S) groups is 1. The number of ether oxygens (including phenoxy) is 2. The van der Waals surface area contributed by atoms with E-state index >= 15 is 0 Å². The van der Waals surface area contributed by atoms with Crippen molar-refractivity contribution in [1.82, 2.24) is 5.32 Å². The van der Waals surface area contributed by atoms with Crippen LogP contribution < -0.4 is 14.8 Å². The van der Waals surface area contributed by atoms with Crippen molar-refractivity contribution in [1.29, 1.82) is 0 Å². The van der Waals surface area contributed by atoms with E-state index in [1.165, 1.54) is 11.8 Å². The topological polar surface area (TPSA) is 47.6 Å². The van der Waals surface area contributed by atoms with Crippen molar-refractivity contribution in [3.8, 4) is 11.5 Å². The summed E-state index contributed by atoms with van der Waals surface area (Å²) in [5, 5.41) is 3.24. The molecule has 7 heteroatoms. The highest BCUT2D eigenvalue weighted by molar-refractivity contribution is 8.26. The highest BCUT2D eigenvalue weighted by Gasteiger charge is 2.22. The summed E-state index contributed by atoms with van der Waals surface area (Å²) in [6, 6.07) is 13.0. The third kappa shape index (κ3) is 4.34. The van der Waals surface area contributed by atoms with Crippen LogP contribution in [0.4, 0.5) is 0 Å². The molecule has 0 radical (unpaired) electrons. The highest BCUT2D eigenvalue weighted by atomic mass is 35.5. The number of carbonyl (C=O) groups is 1. The summed E-state index contributed by atoms with van der Waals surface area (Å²) >= 11 is 12.4. The molecule has 25 heavy (non-hydrogen) atoms. The average molecular weight is 392 g/mol. The molecule has 0 spiro atoms. The Hall–Kier alpha value is -2.02. The van der Waals surface area contributed by atoms with Crippen LogP contribution in [0.5, 0.6) is 11.5 Å². The van der Waals surface area contributed by atoms with Crippen molar-refractivity contribution in [2.24, 2.45) is 0 Å². The van der Waals surface area contributed by atoms with Crippen molar-refractivity contribution in [3.63, 3.8) is 0 Å². The number of nitrogens with one attached hydrogen (secondary N) is 1. The monoisotopic (exact) mass is 391 g/mol. The smallest absolute Gasteiger partial charge is 0.263 e. The van der Waals surface area contributed by atoms with E-state index in [-0.39, 0.29) is 5.91 Å². The molecule has 4 nitrogen and oxygen atoms in total. The van der Waals surface area contributed by atoms with E-state index in [1.807, 2.05) is 36.4 Å². The molecular weight excluding hydrogens is 378 g/mol. The van der Waals surface area contributed by atoms with E-state index in [0.29, 0.717) is 32.4 Å². The van der Waals surface area contributed by atoms with Gasteiger partial charge in [0.05, 0.1) is 12.0 Å². The second kappa shape index (κ2) is 7.91. The number of amides is 1. The maximum absolute atomic E-state index is 11.8. The van der Waals surface area contributed by atoms with Gasteiger partial charge in [-0.15, -0.1) is 0 Å². The molecular formula is C18H14ClNO3S2. The normalized spacial score (nSPS) is 15.4. The first-order valence-electron chi connectivity index (χ1n) is 7.36. The van der Waals surface area contributed by atoms with Gasteiger partial charge >= 0.3 is 0 Å². The van der Waals surface area contributed by atoms with Crippen LogP contribution in [0.15, 0.2) is 47.4 Å². The molecule has 1 amide bonds. The number of benzene rings is 2. The van der Waals surface area contributed by atoms with E-state index in [1.54, 1.807) is 19.3 Å². The summed E-state index contributed by atoms with van der Waals surface area (Å²) < 4.78 is 11.7. The maximum Gasteiger partial charge on any atom is 0.263 e. The minimum absolute atomic E-state index is 0.190. The summed E-state index contributed by atoms with van der Waals surface area (Å²) in [7, 11) is 1.58. The maximum atomic E-state index is 11.8. The predicted octanol–water partition coefficient (Wildman–Crippen LogP) is 4.42. The fraction of sp³-hybridized carbons (Fsp3) is 0.111. The third-order valence-corrected chi connectivity index (χ3v) is 5.00. The van der Waals surface area contributed by atoms with E-state index in [2.05, 4.69) is 5.32 Å². The molecule has 0 unspecified atom stereocenters. The van der Waals surface area contributed by atoms with Crippen molar-refractivity contribution in [3.05, 3.63) is 63.5 Å². The van der Waals surface area contributed by atoms with Crippen molar-refractivity contribution in [2.75, 3.05) is 7.11 Å². The zero-order valence-electron chi connectivity index (χ0n) is 13.2. The molecule has 3 rings (SSSR count). The molecule has 1 N–H and O–H groups in total. The third-order valence-electron chi connectivity index (χ3n) is 3.47. The Morgan fingerprint density at radius 2 is 2.04 bits per heavy atom. The molecule has 0 aliphatic carbocycles. The summed E-state index contributed by atoms with van der Waals surface area (Å²) in [4.78, 5) is 12.3. The van der Waals surface area contributed by atoms with E-state index < -0.39 is 0 Å². The lowest BCUT2D eigenvalue weighted by Crippen LogP contribution is -2.17. The van der Waals surface area contributed by atoms with Crippen LogP contribution >= 0.6 is 35.6 Å². The Balaban J connectivity index is 1.83. The first kappa shape index (κ1) is 17.8. The molecule has 0 aromatic heterocycles. The van der Waals surface area contributed by atoms with Gasteiger partial charge in [0.2, 0.25) is 0 Å². The van der Waals surface area contributed by atoms with Gasteiger partial charge in [-0.25, -0.2) is 0 Å². The lowest BCUT2D eigenvalue weighted by molar-refractivity contribution is -0.115. The Morgan fingerprint density at radius 1 is 1.24 bits per heavy atom. The SMILES string of the molecule is COc1ccc(/C=C2\SC(=S)NC2=O)cc1OCc1ccccc1Cl.